The van der Waals surface area contributed by atoms with E-state index in [9.17, 15) is 9.59 Å². The first-order valence-electron chi connectivity index (χ1n) is 11.0. The van der Waals surface area contributed by atoms with Crippen molar-refractivity contribution in [3.05, 3.63) is 58.3 Å². The van der Waals surface area contributed by atoms with Crippen LogP contribution < -0.4 is 16.0 Å². The van der Waals surface area contributed by atoms with E-state index in [0.29, 0.717) is 11.5 Å². The molecule has 1 unspecified atom stereocenters. The molecule has 1 fully saturated rings. The van der Waals surface area contributed by atoms with Gasteiger partial charge in [0.2, 0.25) is 0 Å². The highest BCUT2D eigenvalue weighted by atomic mass is 32.2. The summed E-state index contributed by atoms with van der Waals surface area (Å²) in [6.45, 7) is 2.83. The highest BCUT2D eigenvalue weighted by Gasteiger charge is 2.36. The van der Waals surface area contributed by atoms with Gasteiger partial charge in [0.05, 0.1) is 18.5 Å². The van der Waals surface area contributed by atoms with Crippen LogP contribution in [0.1, 0.15) is 64.8 Å². The standard InChI is InChI=1S/C24H30N4O3S/c1-16-19(14-29)12-21(27(16)13-17-6-4-3-5-7-17)22-15-32-23(28(22)24(30)26-25)18-8-10-20(31-2)11-9-18/h8-12,14-15,17,23H,3-7,13,25H2,1-2H3,(H,26,30). The van der Waals surface area contributed by atoms with Crippen molar-refractivity contribution in [3.63, 3.8) is 0 Å². The van der Waals surface area contributed by atoms with Crippen molar-refractivity contribution in [1.82, 2.24) is 14.9 Å². The summed E-state index contributed by atoms with van der Waals surface area (Å²) in [6, 6.07) is 9.17. The van der Waals surface area contributed by atoms with Gasteiger partial charge < -0.3 is 9.30 Å². The number of ether oxygens (including phenoxy) is 1. The zero-order chi connectivity index (χ0) is 22.7. The monoisotopic (exact) mass is 454 g/mol. The summed E-state index contributed by atoms with van der Waals surface area (Å²) >= 11 is 1.55. The Kier molecular flexibility index (Phi) is 6.91. The third-order valence-electron chi connectivity index (χ3n) is 6.51. The van der Waals surface area contributed by atoms with E-state index in [1.54, 1.807) is 23.8 Å². The lowest BCUT2D eigenvalue weighted by atomic mass is 9.89. The minimum absolute atomic E-state index is 0.266. The van der Waals surface area contributed by atoms with Gasteiger partial charge in [-0.3, -0.25) is 15.1 Å². The molecule has 0 radical (unpaired) electrons. The first-order valence-corrected chi connectivity index (χ1v) is 12.0. The van der Waals surface area contributed by atoms with Crippen LogP contribution in [-0.4, -0.2) is 28.9 Å². The average Bonchev–Trinajstić information content (AvgIpc) is 3.41. The maximum Gasteiger partial charge on any atom is 0.337 e. The Labute approximate surface area is 192 Å². The van der Waals surface area contributed by atoms with Crippen molar-refractivity contribution >= 4 is 29.8 Å². The van der Waals surface area contributed by atoms with Crippen molar-refractivity contribution in [1.29, 1.82) is 0 Å². The van der Waals surface area contributed by atoms with Crippen LogP contribution in [0.3, 0.4) is 0 Å². The van der Waals surface area contributed by atoms with Crippen LogP contribution in [0.25, 0.3) is 5.70 Å². The zero-order valence-corrected chi connectivity index (χ0v) is 19.4. The van der Waals surface area contributed by atoms with Crippen LogP contribution in [0.2, 0.25) is 0 Å². The number of aldehydes is 1. The van der Waals surface area contributed by atoms with Gasteiger partial charge in [-0.1, -0.05) is 31.4 Å². The molecule has 2 aromatic rings. The minimum Gasteiger partial charge on any atom is -0.497 e. The molecule has 1 saturated carbocycles. The van der Waals surface area contributed by atoms with Crippen LogP contribution in [0, 0.1) is 12.8 Å². The van der Waals surface area contributed by atoms with Crippen LogP contribution in [0.4, 0.5) is 4.79 Å². The number of nitrogens with two attached hydrogens (primary N) is 1. The average molecular weight is 455 g/mol. The first-order chi connectivity index (χ1) is 15.6. The molecular formula is C24H30N4O3S. The molecule has 7 nitrogen and oxygen atoms in total. The number of thioether (sulfide) groups is 1. The molecule has 3 N–H and O–H groups in total. The summed E-state index contributed by atoms with van der Waals surface area (Å²) in [5, 5.41) is 1.72. The predicted molar refractivity (Wildman–Crippen MR) is 127 cm³/mol. The fourth-order valence-corrected chi connectivity index (χ4v) is 5.84. The number of hydrogen-bond donors (Lipinski definition) is 2. The second kappa shape index (κ2) is 9.83. The van der Waals surface area contributed by atoms with Gasteiger partial charge >= 0.3 is 6.03 Å². The predicted octanol–water partition coefficient (Wildman–Crippen LogP) is 4.83. The molecule has 1 aliphatic carbocycles. The molecule has 0 saturated heterocycles. The number of hydrazine groups is 1. The fourth-order valence-electron chi connectivity index (χ4n) is 4.70. The van der Waals surface area contributed by atoms with E-state index in [-0.39, 0.29) is 5.37 Å². The molecule has 0 spiro atoms. The van der Waals surface area contributed by atoms with E-state index in [0.717, 1.165) is 41.2 Å². The van der Waals surface area contributed by atoms with E-state index in [4.69, 9.17) is 10.6 Å². The van der Waals surface area contributed by atoms with Gasteiger partial charge in [0, 0.05) is 17.8 Å². The topological polar surface area (TPSA) is 89.6 Å². The molecule has 32 heavy (non-hydrogen) atoms. The summed E-state index contributed by atoms with van der Waals surface area (Å²) in [7, 11) is 1.63. The molecule has 1 aromatic carbocycles. The smallest absolute Gasteiger partial charge is 0.337 e. The number of carbonyl (C=O) groups excluding carboxylic acids is 2. The Balaban J connectivity index is 1.70. The number of nitrogens with one attached hydrogen (secondary N) is 1. The molecule has 1 aromatic heterocycles. The van der Waals surface area contributed by atoms with Crippen molar-refractivity contribution in [3.8, 4) is 5.75 Å². The molecule has 2 amide bonds. The number of benzene rings is 1. The number of rotatable bonds is 6. The third kappa shape index (κ3) is 4.29. The van der Waals surface area contributed by atoms with E-state index >= 15 is 0 Å². The van der Waals surface area contributed by atoms with E-state index in [1.807, 2.05) is 42.7 Å². The lowest BCUT2D eigenvalue weighted by Crippen LogP contribution is -2.42. The van der Waals surface area contributed by atoms with Crippen molar-refractivity contribution in [2.45, 2.75) is 50.9 Å². The van der Waals surface area contributed by atoms with Crippen LogP contribution >= 0.6 is 11.8 Å². The SMILES string of the molecule is COc1ccc(C2SC=C(c3cc(C=O)c(C)n3CC3CCCCC3)N2C(=O)NN)cc1. The Bertz CT molecular complexity index is 1010. The van der Waals surface area contributed by atoms with Crippen molar-refractivity contribution in [2.24, 2.45) is 11.8 Å². The van der Waals surface area contributed by atoms with Gasteiger partial charge in [-0.05, 0) is 54.9 Å². The van der Waals surface area contributed by atoms with Gasteiger partial charge in [-0.25, -0.2) is 10.6 Å². The largest absolute Gasteiger partial charge is 0.497 e. The summed E-state index contributed by atoms with van der Waals surface area (Å²) in [4.78, 5) is 26.3. The lowest BCUT2D eigenvalue weighted by Gasteiger charge is -2.29. The van der Waals surface area contributed by atoms with Gasteiger partial charge in [-0.2, -0.15) is 0 Å². The summed E-state index contributed by atoms with van der Waals surface area (Å²) in [5.41, 5.74) is 6.48. The highest BCUT2D eigenvalue weighted by Crippen LogP contribution is 2.47. The number of carbonyl (C=O) groups is 2. The molecule has 8 heteroatoms. The number of aromatic nitrogens is 1. The van der Waals surface area contributed by atoms with E-state index < -0.39 is 6.03 Å². The number of methoxy groups -OCH3 is 1. The van der Waals surface area contributed by atoms with Gasteiger partial charge in [0.15, 0.2) is 6.29 Å². The van der Waals surface area contributed by atoms with Gasteiger partial charge in [0.25, 0.3) is 0 Å². The molecular weight excluding hydrogens is 424 g/mol. The third-order valence-corrected chi connectivity index (χ3v) is 7.61. The zero-order valence-electron chi connectivity index (χ0n) is 18.5. The quantitative estimate of drug-likeness (QED) is 0.282. The van der Waals surface area contributed by atoms with Gasteiger partial charge in [-0.15, -0.1) is 11.8 Å². The molecule has 170 valence electrons. The Morgan fingerprint density at radius 2 is 1.97 bits per heavy atom. The maximum absolute atomic E-state index is 12.9. The molecule has 1 atom stereocenters. The second-order valence-corrected chi connectivity index (χ2v) is 9.34. The van der Waals surface area contributed by atoms with E-state index in [1.165, 1.54) is 32.1 Å². The van der Waals surface area contributed by atoms with Crippen molar-refractivity contribution in [2.75, 3.05) is 7.11 Å². The highest BCUT2D eigenvalue weighted by molar-refractivity contribution is 8.02. The Hall–Kier alpha value is -2.71. The van der Waals surface area contributed by atoms with E-state index in [2.05, 4.69) is 9.99 Å². The summed E-state index contributed by atoms with van der Waals surface area (Å²) in [6.07, 6.45) is 7.09. The number of hydrogen-bond acceptors (Lipinski definition) is 5. The lowest BCUT2D eigenvalue weighted by molar-refractivity contribution is 0.112. The molecule has 2 heterocycles. The number of urea groups is 1. The first kappa shape index (κ1) is 22.5. The van der Waals surface area contributed by atoms with Crippen LogP contribution in [-0.2, 0) is 6.54 Å². The summed E-state index contributed by atoms with van der Waals surface area (Å²) < 4.78 is 7.47. The fraction of sp³-hybridized carbons (Fsp3) is 0.417. The second-order valence-electron chi connectivity index (χ2n) is 8.39. The molecule has 1 aliphatic heterocycles. The molecule has 4 rings (SSSR count). The summed E-state index contributed by atoms with van der Waals surface area (Å²) in [5.74, 6) is 6.90. The minimum atomic E-state index is -0.391. The number of amides is 2. The van der Waals surface area contributed by atoms with Crippen molar-refractivity contribution < 1.29 is 14.3 Å². The normalized spacial score (nSPS) is 19.0. The Morgan fingerprint density at radius 1 is 1.25 bits per heavy atom. The van der Waals surface area contributed by atoms with Crippen LogP contribution in [0.5, 0.6) is 5.75 Å². The maximum atomic E-state index is 12.9. The number of nitrogens with zero attached hydrogens (tertiary/aromatic N) is 2. The molecule has 0 bridgehead atoms. The Morgan fingerprint density at radius 3 is 2.59 bits per heavy atom. The van der Waals surface area contributed by atoms with Gasteiger partial charge in [0.1, 0.15) is 11.1 Å². The van der Waals surface area contributed by atoms with Crippen LogP contribution in [0.15, 0.2) is 35.7 Å². The molecule has 2 aliphatic rings.